The molecular weight excluding hydrogens is 408 g/mol. The van der Waals surface area contributed by atoms with Gasteiger partial charge in [-0.3, -0.25) is 9.59 Å². The van der Waals surface area contributed by atoms with Gasteiger partial charge in [0.15, 0.2) is 11.6 Å². The van der Waals surface area contributed by atoms with Crippen molar-refractivity contribution >= 4 is 34.2 Å². The zero-order valence-corrected chi connectivity index (χ0v) is 17.8. The minimum atomic E-state index is -0.356. The Morgan fingerprint density at radius 1 is 0.533 bits per heavy atom. The number of rotatable bonds is 6. The smallest absolute Gasteiger partial charge is 0.167 e. The molecule has 2 heterocycles. The third kappa shape index (κ3) is 3.26. The zero-order valence-electron chi connectivity index (χ0n) is 16.2. The largest absolute Gasteiger partial charge is 0.294 e. The van der Waals surface area contributed by atoms with Crippen LogP contribution >= 0.6 is 22.7 Å². The molecule has 1 fully saturated rings. The molecule has 2 aromatic heterocycles. The molecule has 5 rings (SSSR count). The number of benzene rings is 2. The van der Waals surface area contributed by atoms with Gasteiger partial charge in [0.05, 0.1) is 0 Å². The van der Waals surface area contributed by atoms with Crippen LogP contribution in [0.25, 0.3) is 0 Å². The monoisotopic (exact) mass is 428 g/mol. The van der Waals surface area contributed by atoms with Crippen molar-refractivity contribution in [2.75, 3.05) is 0 Å². The van der Waals surface area contributed by atoms with Crippen LogP contribution in [0, 0.1) is 11.8 Å². The lowest BCUT2D eigenvalue weighted by Gasteiger charge is -2.50. The molecule has 4 atom stereocenters. The van der Waals surface area contributed by atoms with Crippen LogP contribution < -0.4 is 0 Å². The Morgan fingerprint density at radius 3 is 1.27 bits per heavy atom. The van der Waals surface area contributed by atoms with Gasteiger partial charge in [-0.25, -0.2) is 0 Å². The lowest BCUT2D eigenvalue weighted by Crippen LogP contribution is -2.50. The average molecular weight is 429 g/mol. The fourth-order valence-corrected chi connectivity index (χ4v) is 6.50. The lowest BCUT2D eigenvalue weighted by atomic mass is 9.52. The maximum absolute atomic E-state index is 13.6. The van der Waals surface area contributed by atoms with E-state index in [0.717, 1.165) is 0 Å². The van der Waals surface area contributed by atoms with E-state index < -0.39 is 0 Å². The van der Waals surface area contributed by atoms with Crippen molar-refractivity contribution in [1.82, 2.24) is 0 Å². The van der Waals surface area contributed by atoms with E-state index in [0.29, 0.717) is 11.1 Å². The molecule has 0 radical (unpaired) electrons. The molecular formula is C26H20O2S2. The number of Topliss-reactive ketones (excluding diaryl/α,β-unsaturated/α-hetero) is 2. The minimum Gasteiger partial charge on any atom is -0.294 e. The summed E-state index contributed by atoms with van der Waals surface area (Å²) in [5.74, 6) is -0.535. The zero-order chi connectivity index (χ0) is 20.5. The number of carbonyl (C=O) groups is 2. The first-order chi connectivity index (χ1) is 14.8. The van der Waals surface area contributed by atoms with E-state index in [1.54, 1.807) is 22.7 Å². The maximum atomic E-state index is 13.6. The quantitative estimate of drug-likeness (QED) is 0.321. The molecule has 148 valence electrons. The van der Waals surface area contributed by atoms with Crippen LogP contribution in [0.15, 0.2) is 95.7 Å². The van der Waals surface area contributed by atoms with Crippen molar-refractivity contribution in [3.05, 3.63) is 117 Å². The summed E-state index contributed by atoms with van der Waals surface area (Å²) in [4.78, 5) is 29.7. The Morgan fingerprint density at radius 2 is 0.933 bits per heavy atom. The fourth-order valence-electron chi connectivity index (χ4n) is 4.66. The molecule has 0 saturated heterocycles. The highest BCUT2D eigenvalue weighted by Gasteiger charge is 2.58. The van der Waals surface area contributed by atoms with Crippen molar-refractivity contribution in [1.29, 1.82) is 0 Å². The normalized spacial score (nSPS) is 22.9. The van der Waals surface area contributed by atoms with E-state index in [2.05, 4.69) is 22.9 Å². The van der Waals surface area contributed by atoms with E-state index in [-0.39, 0.29) is 35.2 Å². The van der Waals surface area contributed by atoms with Crippen molar-refractivity contribution in [3.8, 4) is 0 Å². The van der Waals surface area contributed by atoms with Crippen LogP contribution in [-0.2, 0) is 0 Å². The second-order valence-electron chi connectivity index (χ2n) is 7.59. The molecule has 0 N–H and O–H groups in total. The van der Waals surface area contributed by atoms with Gasteiger partial charge in [0, 0.05) is 44.6 Å². The average Bonchev–Trinajstić information content (AvgIpc) is 3.49. The van der Waals surface area contributed by atoms with E-state index in [4.69, 9.17) is 0 Å². The highest BCUT2D eigenvalue weighted by atomic mass is 32.1. The summed E-state index contributed by atoms with van der Waals surface area (Å²) in [5, 5.41) is 4.11. The van der Waals surface area contributed by atoms with E-state index in [1.165, 1.54) is 9.75 Å². The molecule has 4 heteroatoms. The van der Waals surface area contributed by atoms with Gasteiger partial charge in [-0.15, -0.1) is 22.7 Å². The van der Waals surface area contributed by atoms with Crippen molar-refractivity contribution in [3.63, 3.8) is 0 Å². The highest BCUT2D eigenvalue weighted by molar-refractivity contribution is 7.10. The number of hydrogen-bond donors (Lipinski definition) is 0. The van der Waals surface area contributed by atoms with Crippen molar-refractivity contribution in [2.45, 2.75) is 11.8 Å². The topological polar surface area (TPSA) is 34.1 Å². The molecule has 4 aromatic rings. The number of carbonyl (C=O) groups excluding carboxylic acids is 2. The number of hydrogen-bond acceptors (Lipinski definition) is 4. The summed E-state index contributed by atoms with van der Waals surface area (Å²) in [6.45, 7) is 0. The fraction of sp³-hybridized carbons (Fsp3) is 0.154. The van der Waals surface area contributed by atoms with Crippen LogP contribution in [0.3, 0.4) is 0 Å². The Bertz CT molecular complexity index is 1040. The molecule has 1 aliphatic rings. The third-order valence-electron chi connectivity index (χ3n) is 6.01. The molecule has 1 saturated carbocycles. The van der Waals surface area contributed by atoms with E-state index in [1.807, 2.05) is 72.8 Å². The minimum absolute atomic E-state index is 0.0222. The van der Waals surface area contributed by atoms with Gasteiger partial charge in [-0.2, -0.15) is 0 Å². The third-order valence-corrected chi connectivity index (χ3v) is 7.96. The predicted molar refractivity (Wildman–Crippen MR) is 123 cm³/mol. The van der Waals surface area contributed by atoms with Gasteiger partial charge >= 0.3 is 0 Å². The molecule has 0 bridgehead atoms. The maximum Gasteiger partial charge on any atom is 0.167 e. The highest BCUT2D eigenvalue weighted by Crippen LogP contribution is 2.61. The Hall–Kier alpha value is -2.82. The molecule has 4 unspecified atom stereocenters. The van der Waals surface area contributed by atoms with Gasteiger partial charge in [-0.05, 0) is 22.9 Å². The summed E-state index contributed by atoms with van der Waals surface area (Å²) in [6, 6.07) is 27.1. The predicted octanol–water partition coefficient (Wildman–Crippen LogP) is 6.69. The SMILES string of the molecule is O=C(c1ccccc1)C1C(C(=O)c2ccccc2)C(c2cccs2)C1c1cccs1. The van der Waals surface area contributed by atoms with Crippen molar-refractivity contribution in [2.24, 2.45) is 11.8 Å². The standard InChI is InChI=1S/C26H20O2S2/c27-25(17-9-3-1-4-10-17)23-21(19-13-7-15-29-19)22(20-14-8-16-30-20)24(23)26(28)18-11-5-2-6-12-18/h1-16,21-24H. The Kier molecular flexibility index (Phi) is 5.19. The van der Waals surface area contributed by atoms with Crippen molar-refractivity contribution < 1.29 is 9.59 Å². The Labute approximate surface area is 183 Å². The van der Waals surface area contributed by atoms with Crippen LogP contribution in [0.5, 0.6) is 0 Å². The van der Waals surface area contributed by atoms with E-state index >= 15 is 0 Å². The summed E-state index contributed by atoms with van der Waals surface area (Å²) in [5.41, 5.74) is 1.36. The summed E-state index contributed by atoms with van der Waals surface area (Å²) >= 11 is 3.35. The summed E-state index contributed by atoms with van der Waals surface area (Å²) < 4.78 is 0. The molecule has 1 aliphatic carbocycles. The van der Waals surface area contributed by atoms with Crippen LogP contribution in [0.1, 0.15) is 42.3 Å². The molecule has 0 aliphatic heterocycles. The first-order valence-corrected chi connectivity index (χ1v) is 11.8. The molecule has 30 heavy (non-hydrogen) atoms. The molecule has 0 amide bonds. The second-order valence-corrected chi connectivity index (χ2v) is 9.55. The van der Waals surface area contributed by atoms with Gasteiger partial charge in [0.25, 0.3) is 0 Å². The van der Waals surface area contributed by atoms with E-state index in [9.17, 15) is 9.59 Å². The van der Waals surface area contributed by atoms with Gasteiger partial charge in [-0.1, -0.05) is 72.8 Å². The summed E-state index contributed by atoms with van der Waals surface area (Å²) in [6.07, 6.45) is 0. The van der Waals surface area contributed by atoms with Crippen LogP contribution in [0.2, 0.25) is 0 Å². The molecule has 2 aromatic carbocycles. The van der Waals surface area contributed by atoms with Crippen LogP contribution in [0.4, 0.5) is 0 Å². The van der Waals surface area contributed by atoms with Crippen LogP contribution in [-0.4, -0.2) is 11.6 Å². The summed E-state index contributed by atoms with van der Waals surface area (Å²) in [7, 11) is 0. The number of thiophene rings is 2. The first-order valence-electron chi connectivity index (χ1n) is 10.0. The van der Waals surface area contributed by atoms with Gasteiger partial charge in [0.2, 0.25) is 0 Å². The van der Waals surface area contributed by atoms with Gasteiger partial charge in [0.1, 0.15) is 0 Å². The molecule has 0 spiro atoms. The second kappa shape index (κ2) is 8.13. The lowest BCUT2D eigenvalue weighted by molar-refractivity contribution is 0.0467. The van der Waals surface area contributed by atoms with Gasteiger partial charge < -0.3 is 0 Å². The number of ketones is 2. The Balaban J connectivity index is 1.62. The first kappa shape index (κ1) is 19.2. The molecule has 2 nitrogen and oxygen atoms in total.